The molecule has 2 saturated heterocycles. The summed E-state index contributed by atoms with van der Waals surface area (Å²) >= 11 is 0. The molecule has 4 atom stereocenters. The highest BCUT2D eigenvalue weighted by molar-refractivity contribution is 4.96. The van der Waals surface area contributed by atoms with E-state index in [0.29, 0.717) is 17.9 Å². The van der Waals surface area contributed by atoms with Gasteiger partial charge in [-0.25, -0.2) is 10.0 Å². The summed E-state index contributed by atoms with van der Waals surface area (Å²) in [5.74, 6) is 1.22. The minimum atomic E-state index is -0.0515. The number of hydrazine groups is 1. The van der Waals surface area contributed by atoms with E-state index in [1.165, 1.54) is 32.4 Å². The Morgan fingerprint density at radius 1 is 1.13 bits per heavy atom. The lowest BCUT2D eigenvalue weighted by molar-refractivity contribution is -0.0464. The molecule has 4 unspecified atom stereocenters. The van der Waals surface area contributed by atoms with Gasteiger partial charge < -0.3 is 5.11 Å². The van der Waals surface area contributed by atoms with Crippen molar-refractivity contribution in [1.29, 1.82) is 0 Å². The van der Waals surface area contributed by atoms with Gasteiger partial charge in [0, 0.05) is 31.6 Å². The molecule has 3 fully saturated rings. The van der Waals surface area contributed by atoms with E-state index < -0.39 is 0 Å². The summed E-state index contributed by atoms with van der Waals surface area (Å²) in [5.41, 5.74) is 0. The third-order valence-electron chi connectivity index (χ3n) is 4.50. The van der Waals surface area contributed by atoms with E-state index in [0.717, 1.165) is 13.0 Å². The fraction of sp³-hybridized carbons (Fsp3) is 1.00. The molecule has 0 radical (unpaired) electrons. The number of hydrogen-bond acceptors (Lipinski definition) is 3. The first-order valence-electron chi connectivity index (χ1n) is 6.45. The highest BCUT2D eigenvalue weighted by Gasteiger charge is 2.46. The van der Waals surface area contributed by atoms with E-state index in [9.17, 15) is 5.11 Å². The van der Waals surface area contributed by atoms with Crippen LogP contribution < -0.4 is 0 Å². The zero-order chi connectivity index (χ0) is 10.4. The molecule has 1 aliphatic carbocycles. The fourth-order valence-corrected chi connectivity index (χ4v) is 3.77. The molecule has 3 nitrogen and oxygen atoms in total. The Kier molecular flexibility index (Phi) is 2.49. The number of aliphatic hydroxyl groups is 1. The van der Waals surface area contributed by atoms with E-state index in [-0.39, 0.29) is 6.10 Å². The molecule has 0 aromatic carbocycles. The topological polar surface area (TPSA) is 26.7 Å². The van der Waals surface area contributed by atoms with E-state index in [2.05, 4.69) is 16.9 Å². The molecule has 15 heavy (non-hydrogen) atoms. The second-order valence-electron chi connectivity index (χ2n) is 5.66. The normalized spacial score (nSPS) is 47.6. The van der Waals surface area contributed by atoms with Crippen LogP contribution in [0.15, 0.2) is 0 Å². The molecule has 2 aliphatic heterocycles. The highest BCUT2D eigenvalue weighted by atomic mass is 16.3. The molecule has 0 bridgehead atoms. The quantitative estimate of drug-likeness (QED) is 0.648. The minimum Gasteiger partial charge on any atom is -0.393 e. The molecular formula is C12H22N2O. The summed E-state index contributed by atoms with van der Waals surface area (Å²) in [6.45, 7) is 5.83. The maximum Gasteiger partial charge on any atom is 0.0599 e. The van der Waals surface area contributed by atoms with Crippen LogP contribution in [0.5, 0.6) is 0 Å². The fourth-order valence-electron chi connectivity index (χ4n) is 3.77. The smallest absolute Gasteiger partial charge is 0.0599 e. The number of aliphatic hydroxyl groups excluding tert-OH is 1. The van der Waals surface area contributed by atoms with Gasteiger partial charge >= 0.3 is 0 Å². The van der Waals surface area contributed by atoms with Crippen LogP contribution in [0.25, 0.3) is 0 Å². The number of fused-ring (bicyclic) bond motifs is 3. The van der Waals surface area contributed by atoms with Gasteiger partial charge in [-0.15, -0.1) is 0 Å². The average molecular weight is 210 g/mol. The monoisotopic (exact) mass is 210 g/mol. The first kappa shape index (κ1) is 10.1. The Morgan fingerprint density at radius 3 is 2.80 bits per heavy atom. The molecule has 1 saturated carbocycles. The maximum absolute atomic E-state index is 10.1. The molecule has 0 spiro atoms. The summed E-state index contributed by atoms with van der Waals surface area (Å²) in [4.78, 5) is 0. The van der Waals surface area contributed by atoms with Crippen molar-refractivity contribution in [2.75, 3.05) is 19.6 Å². The van der Waals surface area contributed by atoms with Crippen molar-refractivity contribution in [1.82, 2.24) is 10.0 Å². The Bertz CT molecular complexity index is 244. The van der Waals surface area contributed by atoms with Crippen molar-refractivity contribution in [2.45, 2.75) is 44.8 Å². The Morgan fingerprint density at radius 2 is 1.93 bits per heavy atom. The van der Waals surface area contributed by atoms with Gasteiger partial charge in [0.25, 0.3) is 0 Å². The lowest BCUT2D eigenvalue weighted by Gasteiger charge is -2.40. The molecule has 0 amide bonds. The van der Waals surface area contributed by atoms with Gasteiger partial charge in [0.15, 0.2) is 0 Å². The van der Waals surface area contributed by atoms with Crippen molar-refractivity contribution >= 4 is 0 Å². The molecule has 3 rings (SSSR count). The second-order valence-corrected chi connectivity index (χ2v) is 5.66. The summed E-state index contributed by atoms with van der Waals surface area (Å²) in [6.07, 6.45) is 4.93. The van der Waals surface area contributed by atoms with Crippen LogP contribution in [0.1, 0.15) is 32.6 Å². The summed E-state index contributed by atoms with van der Waals surface area (Å²) in [7, 11) is 0. The Balaban J connectivity index is 1.79. The van der Waals surface area contributed by atoms with Crippen molar-refractivity contribution in [3.05, 3.63) is 0 Å². The third kappa shape index (κ3) is 1.61. The molecule has 86 valence electrons. The predicted molar refractivity (Wildman–Crippen MR) is 59.2 cm³/mol. The van der Waals surface area contributed by atoms with E-state index >= 15 is 0 Å². The molecule has 0 aromatic rings. The number of nitrogens with zero attached hydrogens (tertiary/aromatic N) is 2. The van der Waals surface area contributed by atoms with Gasteiger partial charge in [0.05, 0.1) is 6.10 Å². The molecule has 3 heteroatoms. The third-order valence-corrected chi connectivity index (χ3v) is 4.50. The van der Waals surface area contributed by atoms with Crippen molar-refractivity contribution in [2.24, 2.45) is 11.8 Å². The Hall–Kier alpha value is -0.120. The van der Waals surface area contributed by atoms with E-state index in [4.69, 9.17) is 0 Å². The van der Waals surface area contributed by atoms with E-state index in [1.54, 1.807) is 0 Å². The molecular weight excluding hydrogens is 188 g/mol. The number of hydrogen-bond donors (Lipinski definition) is 1. The van der Waals surface area contributed by atoms with Crippen molar-refractivity contribution < 1.29 is 5.11 Å². The van der Waals surface area contributed by atoms with Crippen molar-refractivity contribution in [3.63, 3.8) is 0 Å². The lowest BCUT2D eigenvalue weighted by atomic mass is 9.78. The first-order chi connectivity index (χ1) is 7.25. The average Bonchev–Trinajstić information content (AvgIpc) is 2.57. The van der Waals surface area contributed by atoms with Crippen LogP contribution in [0, 0.1) is 11.8 Å². The minimum absolute atomic E-state index is 0.0515. The zero-order valence-corrected chi connectivity index (χ0v) is 9.60. The van der Waals surface area contributed by atoms with Gasteiger partial charge in [0.2, 0.25) is 0 Å². The van der Waals surface area contributed by atoms with Crippen LogP contribution in [0.3, 0.4) is 0 Å². The summed E-state index contributed by atoms with van der Waals surface area (Å²) in [5, 5.41) is 15.2. The first-order valence-corrected chi connectivity index (χ1v) is 6.45. The molecule has 1 N–H and O–H groups in total. The standard InChI is InChI=1S/C12H22N2O/c1-9-6-11-10(12(15)7-9)8-13-4-2-3-5-14(11)13/h9-12,15H,2-8H2,1H3. The highest BCUT2D eigenvalue weighted by Crippen LogP contribution is 2.39. The molecule has 3 aliphatic rings. The van der Waals surface area contributed by atoms with Crippen LogP contribution in [0.4, 0.5) is 0 Å². The molecule has 2 heterocycles. The second kappa shape index (κ2) is 3.72. The van der Waals surface area contributed by atoms with Gasteiger partial charge in [-0.2, -0.15) is 0 Å². The SMILES string of the molecule is CC1CC(O)C2CN3CCCCN3C2C1. The molecule has 0 aromatic heterocycles. The zero-order valence-electron chi connectivity index (χ0n) is 9.60. The van der Waals surface area contributed by atoms with Gasteiger partial charge in [-0.05, 0) is 31.6 Å². The van der Waals surface area contributed by atoms with Crippen LogP contribution in [-0.2, 0) is 0 Å². The van der Waals surface area contributed by atoms with Crippen LogP contribution in [-0.4, -0.2) is 46.9 Å². The van der Waals surface area contributed by atoms with Crippen LogP contribution in [0.2, 0.25) is 0 Å². The largest absolute Gasteiger partial charge is 0.393 e. The van der Waals surface area contributed by atoms with Crippen molar-refractivity contribution in [3.8, 4) is 0 Å². The Labute approximate surface area is 92.0 Å². The van der Waals surface area contributed by atoms with Gasteiger partial charge in [-0.1, -0.05) is 6.92 Å². The summed E-state index contributed by atoms with van der Waals surface area (Å²) < 4.78 is 0. The van der Waals surface area contributed by atoms with Crippen LogP contribution >= 0.6 is 0 Å². The van der Waals surface area contributed by atoms with Gasteiger partial charge in [0.1, 0.15) is 0 Å². The lowest BCUT2D eigenvalue weighted by Crippen LogP contribution is -2.48. The summed E-state index contributed by atoms with van der Waals surface area (Å²) in [6, 6.07) is 0.643. The van der Waals surface area contributed by atoms with E-state index in [1.807, 2.05) is 0 Å². The van der Waals surface area contributed by atoms with Gasteiger partial charge in [-0.3, -0.25) is 0 Å². The number of rotatable bonds is 0. The predicted octanol–water partition coefficient (Wildman–Crippen LogP) is 1.09. The maximum atomic E-state index is 10.1.